The Kier molecular flexibility index (Phi) is 23.5. The van der Waals surface area contributed by atoms with Crippen molar-refractivity contribution in [3.8, 4) is 0 Å². The third-order valence-corrected chi connectivity index (χ3v) is 12.2. The van der Waals surface area contributed by atoms with Crippen molar-refractivity contribution in [3.63, 3.8) is 0 Å². The third kappa shape index (κ3) is 19.2. The highest BCUT2D eigenvalue weighted by Gasteiger charge is 2.40. The smallest absolute Gasteiger partial charge is 0.303 e. The first kappa shape index (κ1) is 50.7. The third-order valence-electron chi connectivity index (χ3n) is 12.2. The lowest BCUT2D eigenvalue weighted by atomic mass is 9.89. The van der Waals surface area contributed by atoms with E-state index in [0.717, 1.165) is 45.1 Å². The molecule has 2 aromatic rings. The molecule has 7 N–H and O–H groups in total. The number of unbranched alkanes of at least 4 members (excludes halogenated alkanes) is 2. The van der Waals surface area contributed by atoms with E-state index in [2.05, 4.69) is 18.2 Å². The van der Waals surface area contributed by atoms with Gasteiger partial charge in [0, 0.05) is 44.1 Å². The van der Waals surface area contributed by atoms with Crippen molar-refractivity contribution in [2.45, 2.75) is 152 Å². The molecule has 0 aromatic heterocycles. The van der Waals surface area contributed by atoms with Gasteiger partial charge in [0.05, 0.1) is 36.6 Å². The van der Waals surface area contributed by atoms with Gasteiger partial charge in [-0.1, -0.05) is 109 Å². The van der Waals surface area contributed by atoms with E-state index in [1.807, 2.05) is 85.0 Å². The number of ether oxygens (including phenoxy) is 2. The number of carboxylic acid groups (broad SMARTS) is 2. The molecule has 1 aliphatic heterocycles. The molecule has 11 nitrogen and oxygen atoms in total. The predicted molar refractivity (Wildman–Crippen MR) is 240 cm³/mol. The fourth-order valence-electron chi connectivity index (χ4n) is 8.64. The average molecular weight is 861 g/mol. The number of rotatable bonds is 24. The van der Waals surface area contributed by atoms with E-state index in [1.165, 1.54) is 11.1 Å². The fourth-order valence-corrected chi connectivity index (χ4v) is 8.64. The van der Waals surface area contributed by atoms with Gasteiger partial charge in [0.1, 0.15) is 0 Å². The SMILES string of the molecule is O=C(O)CCC/C=C\C[C@@H]1[C@@H](/C=C/[C@@H](O)CCc2ccccc2)[C@H](O)C[C@@H]1O.O=C(O)CCC/C=C\C[C@@H]1[C@@H](/C=C/[C@H](CCc2ccccc2)OC2CCCCO2)[C@H](O)C[C@@H]1O. The van der Waals surface area contributed by atoms with Crippen molar-refractivity contribution in [2.75, 3.05) is 6.61 Å². The van der Waals surface area contributed by atoms with Crippen LogP contribution in [0.15, 0.2) is 109 Å². The van der Waals surface area contributed by atoms with E-state index >= 15 is 0 Å². The van der Waals surface area contributed by atoms with E-state index in [-0.39, 0.29) is 48.9 Å². The summed E-state index contributed by atoms with van der Waals surface area (Å²) in [4.78, 5) is 21.1. The summed E-state index contributed by atoms with van der Waals surface area (Å²) in [5, 5.41) is 69.3. The highest BCUT2D eigenvalue weighted by molar-refractivity contribution is 5.66. The Hall–Kier alpha value is -3.94. The van der Waals surface area contributed by atoms with Gasteiger partial charge in [-0.3, -0.25) is 9.59 Å². The van der Waals surface area contributed by atoms with Crippen molar-refractivity contribution in [2.24, 2.45) is 23.7 Å². The van der Waals surface area contributed by atoms with Crippen LogP contribution in [0, 0.1) is 23.7 Å². The zero-order chi connectivity index (χ0) is 44.5. The van der Waals surface area contributed by atoms with Crippen LogP contribution in [0.25, 0.3) is 0 Å². The summed E-state index contributed by atoms with van der Waals surface area (Å²) in [7, 11) is 0. The number of aliphatic carboxylic acids is 2. The molecule has 11 atom stereocenters. The number of hydrogen-bond acceptors (Lipinski definition) is 9. The van der Waals surface area contributed by atoms with E-state index in [1.54, 1.807) is 6.08 Å². The van der Waals surface area contributed by atoms with Crippen molar-refractivity contribution in [1.82, 2.24) is 0 Å². The van der Waals surface area contributed by atoms with Gasteiger partial charge < -0.3 is 45.2 Å². The van der Waals surface area contributed by atoms with Crippen LogP contribution in [-0.2, 0) is 31.9 Å². The largest absolute Gasteiger partial charge is 0.481 e. The Balaban J connectivity index is 0.000000278. The molecular weight excluding hydrogens is 789 g/mol. The molecule has 2 saturated carbocycles. The summed E-state index contributed by atoms with van der Waals surface area (Å²) in [6.45, 7) is 0.730. The molecule has 0 amide bonds. The maximum Gasteiger partial charge on any atom is 0.303 e. The zero-order valence-electron chi connectivity index (χ0n) is 36.2. The van der Waals surface area contributed by atoms with Crippen molar-refractivity contribution >= 4 is 11.9 Å². The minimum atomic E-state index is -0.793. The van der Waals surface area contributed by atoms with Crippen LogP contribution >= 0.6 is 0 Å². The van der Waals surface area contributed by atoms with E-state index < -0.39 is 42.5 Å². The molecule has 1 saturated heterocycles. The molecule has 0 bridgehead atoms. The molecule has 342 valence electrons. The van der Waals surface area contributed by atoms with E-state index in [0.29, 0.717) is 57.8 Å². The normalized spacial score (nSPS) is 27.5. The number of aliphatic hydroxyl groups is 5. The number of carbonyl (C=O) groups is 2. The van der Waals surface area contributed by atoms with Crippen molar-refractivity contribution in [1.29, 1.82) is 0 Å². The quantitative estimate of drug-likeness (QED) is 0.0403. The second kappa shape index (κ2) is 28.7. The number of hydrogen-bond donors (Lipinski definition) is 7. The second-order valence-electron chi connectivity index (χ2n) is 17.1. The Labute approximate surface area is 368 Å². The monoisotopic (exact) mass is 861 g/mol. The number of aliphatic hydroxyl groups excluding tert-OH is 5. The van der Waals surface area contributed by atoms with Gasteiger partial charge in [0.15, 0.2) is 6.29 Å². The van der Waals surface area contributed by atoms with Crippen molar-refractivity contribution < 1.29 is 54.8 Å². The Morgan fingerprint density at radius 3 is 1.65 bits per heavy atom. The minimum Gasteiger partial charge on any atom is -0.481 e. The summed E-state index contributed by atoms with van der Waals surface area (Å²) in [5.74, 6) is -2.07. The van der Waals surface area contributed by atoms with Crippen LogP contribution in [0.5, 0.6) is 0 Å². The summed E-state index contributed by atoms with van der Waals surface area (Å²) >= 11 is 0. The Morgan fingerprint density at radius 1 is 0.661 bits per heavy atom. The van der Waals surface area contributed by atoms with Gasteiger partial charge in [-0.15, -0.1) is 0 Å². The second-order valence-corrected chi connectivity index (χ2v) is 17.1. The first-order valence-electron chi connectivity index (χ1n) is 22.9. The lowest BCUT2D eigenvalue weighted by molar-refractivity contribution is -0.179. The van der Waals surface area contributed by atoms with Gasteiger partial charge in [-0.2, -0.15) is 0 Å². The molecule has 2 aliphatic carbocycles. The van der Waals surface area contributed by atoms with Gasteiger partial charge >= 0.3 is 11.9 Å². The molecular formula is C51H72O11. The summed E-state index contributed by atoms with van der Waals surface area (Å²) in [6.07, 6.45) is 23.4. The van der Waals surface area contributed by atoms with Crippen LogP contribution in [0.4, 0.5) is 0 Å². The summed E-state index contributed by atoms with van der Waals surface area (Å²) < 4.78 is 12.1. The van der Waals surface area contributed by atoms with E-state index in [4.69, 9.17) is 19.7 Å². The predicted octanol–water partition coefficient (Wildman–Crippen LogP) is 7.74. The van der Waals surface area contributed by atoms with E-state index in [9.17, 15) is 35.1 Å². The Morgan fingerprint density at radius 2 is 1.16 bits per heavy atom. The molecule has 11 heteroatoms. The van der Waals surface area contributed by atoms with Crippen LogP contribution in [0.3, 0.4) is 0 Å². The van der Waals surface area contributed by atoms with Crippen LogP contribution in [-0.4, -0.2) is 97.2 Å². The molecule has 3 fully saturated rings. The van der Waals surface area contributed by atoms with Gasteiger partial charge in [-0.25, -0.2) is 0 Å². The highest BCUT2D eigenvalue weighted by Crippen LogP contribution is 2.38. The summed E-state index contributed by atoms with van der Waals surface area (Å²) in [5.41, 5.74) is 2.44. The van der Waals surface area contributed by atoms with Gasteiger partial charge in [0.2, 0.25) is 0 Å². The first-order chi connectivity index (χ1) is 30.0. The average Bonchev–Trinajstić information content (AvgIpc) is 3.70. The fraction of sp³-hybridized carbons (Fsp3) is 0.569. The van der Waals surface area contributed by atoms with Gasteiger partial charge in [-0.05, 0) is 106 Å². The van der Waals surface area contributed by atoms with Crippen LogP contribution < -0.4 is 0 Å². The zero-order valence-corrected chi connectivity index (χ0v) is 36.2. The lowest BCUT2D eigenvalue weighted by Gasteiger charge is -2.27. The number of aryl methyl sites for hydroxylation is 2. The molecule has 1 unspecified atom stereocenters. The molecule has 0 radical (unpaired) electrons. The van der Waals surface area contributed by atoms with Crippen molar-refractivity contribution in [3.05, 3.63) is 120 Å². The van der Waals surface area contributed by atoms with Gasteiger partial charge in [0.25, 0.3) is 0 Å². The van der Waals surface area contributed by atoms with Crippen LogP contribution in [0.2, 0.25) is 0 Å². The maximum absolute atomic E-state index is 10.6. The molecule has 1 heterocycles. The first-order valence-corrected chi connectivity index (χ1v) is 22.9. The number of benzene rings is 2. The molecule has 5 rings (SSSR count). The lowest BCUT2D eigenvalue weighted by Crippen LogP contribution is -2.28. The standard InChI is InChI=1S/C28H40O6.C23H32O5/c29-25-20-26(30)24(23(25)12-6-1-2-7-13-27(31)32)18-17-22(34-28-14-8-9-19-33-28)16-15-21-10-4-3-5-11-21;24-18(13-12-17-8-4-3-5-9-17)14-15-20-19(21(25)16-22(20)26)10-6-1-2-7-11-23(27)28/h1,3-6,10-11,17-18,22-26,28-30H,2,7-9,12-16,19-20H2,(H,31,32);1,3-6,8-9,14-15,18-22,24-26H,2,7,10-13,16H2,(H,27,28)/b6-1-,18-17+;6-1-,15-14+/t22-,23+,24+,25-,26+,28?;18-,19+,20+,21-,22+/m00/s1. The Bertz CT molecular complexity index is 1650. The number of allylic oxidation sites excluding steroid dienone is 4. The molecule has 0 spiro atoms. The molecule has 3 aliphatic rings. The maximum atomic E-state index is 10.6. The number of carboxylic acids is 2. The molecule has 62 heavy (non-hydrogen) atoms. The highest BCUT2D eigenvalue weighted by atomic mass is 16.7. The minimum absolute atomic E-state index is 0.0670. The topological polar surface area (TPSA) is 194 Å². The van der Waals surface area contributed by atoms with Crippen LogP contribution in [0.1, 0.15) is 107 Å². The molecule has 2 aromatic carbocycles. The summed E-state index contributed by atoms with van der Waals surface area (Å²) in [6, 6.07) is 20.3.